The first kappa shape index (κ1) is 27.1. The topological polar surface area (TPSA) is 72.3 Å². The number of carbonyl (C=O) groups is 1. The van der Waals surface area contributed by atoms with Gasteiger partial charge in [0.05, 0.1) is 23.9 Å². The molecule has 2 aromatic heterocycles. The van der Waals surface area contributed by atoms with Crippen LogP contribution in [0.1, 0.15) is 62.7 Å². The largest absolute Gasteiger partial charge is 0.381 e. The van der Waals surface area contributed by atoms with Gasteiger partial charge in [0.25, 0.3) is 5.92 Å². The number of anilines is 1. The Balaban J connectivity index is 0.000000480. The number of aromatic nitrogens is 3. The number of nitrogens with one attached hydrogen (secondary N) is 1. The lowest BCUT2D eigenvalue weighted by Gasteiger charge is -2.33. The Morgan fingerprint density at radius 3 is 2.38 bits per heavy atom. The number of methoxy groups -OCH3 is 1. The summed E-state index contributed by atoms with van der Waals surface area (Å²) in [5.41, 5.74) is 4.86. The highest BCUT2D eigenvalue weighted by Gasteiger charge is 2.27. The van der Waals surface area contributed by atoms with Gasteiger partial charge in [-0.25, -0.2) is 0 Å². The number of hydrogen-bond donors (Lipinski definition) is 1. The molecule has 0 radical (unpaired) electrons. The number of nitrogens with zero attached hydrogens (tertiary/aromatic N) is 4. The fourth-order valence-electron chi connectivity index (χ4n) is 4.82. The molecule has 200 valence electrons. The molecule has 5 rings (SSSR count). The number of piperidine rings is 1. The molecule has 1 unspecified atom stereocenters. The molecule has 2 fully saturated rings. The third kappa shape index (κ3) is 6.70. The van der Waals surface area contributed by atoms with Crippen molar-refractivity contribution in [1.82, 2.24) is 20.1 Å². The fraction of sp³-hybridized carbons (Fsp3) is 0.536. The molecular weight excluding hydrogens is 476 g/mol. The van der Waals surface area contributed by atoms with Gasteiger partial charge in [0, 0.05) is 62.0 Å². The molecule has 1 aromatic carbocycles. The van der Waals surface area contributed by atoms with Crippen LogP contribution in [0.15, 0.2) is 42.7 Å². The molecule has 2 aliphatic rings. The van der Waals surface area contributed by atoms with Crippen molar-refractivity contribution < 1.29 is 18.3 Å². The molecule has 1 saturated carbocycles. The molecule has 9 heteroatoms. The summed E-state index contributed by atoms with van der Waals surface area (Å²) in [6.07, 6.45) is 8.77. The average Bonchev–Trinajstić information content (AvgIpc) is 3.69. The molecule has 1 aliphatic heterocycles. The highest BCUT2D eigenvalue weighted by Crippen LogP contribution is 2.39. The van der Waals surface area contributed by atoms with Gasteiger partial charge in [-0.3, -0.25) is 14.5 Å². The van der Waals surface area contributed by atoms with E-state index < -0.39 is 12.2 Å². The summed E-state index contributed by atoms with van der Waals surface area (Å²) in [4.78, 5) is 16.3. The van der Waals surface area contributed by atoms with Crippen LogP contribution >= 0.6 is 0 Å². The van der Waals surface area contributed by atoms with E-state index in [0.29, 0.717) is 18.9 Å². The number of fused-ring (bicyclic) bond motifs is 1. The second-order valence-corrected chi connectivity index (χ2v) is 10.1. The van der Waals surface area contributed by atoms with Crippen molar-refractivity contribution >= 4 is 22.9 Å². The number of alkyl halides is 2. The molecule has 1 aliphatic carbocycles. The second kappa shape index (κ2) is 11.6. The zero-order valence-electron chi connectivity index (χ0n) is 22.0. The molecular formula is C28H37F2N5O2. The van der Waals surface area contributed by atoms with Crippen LogP contribution < -0.4 is 10.2 Å². The van der Waals surface area contributed by atoms with Crippen molar-refractivity contribution in [2.24, 2.45) is 0 Å². The Morgan fingerprint density at radius 1 is 1.14 bits per heavy atom. The van der Waals surface area contributed by atoms with Crippen LogP contribution in [0.3, 0.4) is 0 Å². The number of halogens is 2. The third-order valence-electron chi connectivity index (χ3n) is 7.27. The highest BCUT2D eigenvalue weighted by atomic mass is 19.3. The van der Waals surface area contributed by atoms with Gasteiger partial charge in [-0.15, -0.1) is 0 Å². The van der Waals surface area contributed by atoms with Gasteiger partial charge in [0.2, 0.25) is 0 Å². The van der Waals surface area contributed by atoms with E-state index in [2.05, 4.69) is 52.2 Å². The van der Waals surface area contributed by atoms with Gasteiger partial charge in [0.1, 0.15) is 0 Å². The number of hydrogen-bond acceptors (Lipinski definition) is 6. The SMILES string of the molecule is CC(F)(F)C=O.CNC(C)[C@@H](c1ccc(C2CC2)nc1)n1ncc2cc(N3CCC(OC)CC3)ccc21. The Labute approximate surface area is 217 Å². The van der Waals surface area contributed by atoms with Gasteiger partial charge in [-0.2, -0.15) is 13.9 Å². The van der Waals surface area contributed by atoms with Crippen molar-refractivity contribution in [3.63, 3.8) is 0 Å². The Bertz CT molecular complexity index is 1170. The maximum absolute atomic E-state index is 11.1. The predicted molar refractivity (Wildman–Crippen MR) is 142 cm³/mol. The smallest absolute Gasteiger partial charge is 0.299 e. The molecule has 3 aromatic rings. The third-order valence-corrected chi connectivity index (χ3v) is 7.27. The van der Waals surface area contributed by atoms with E-state index in [1.807, 2.05) is 26.6 Å². The van der Waals surface area contributed by atoms with Gasteiger partial charge >= 0.3 is 0 Å². The Kier molecular flexibility index (Phi) is 8.54. The molecule has 37 heavy (non-hydrogen) atoms. The Hall–Kier alpha value is -2.91. The van der Waals surface area contributed by atoms with Gasteiger partial charge < -0.3 is 15.0 Å². The molecule has 7 nitrogen and oxygen atoms in total. The number of rotatable bonds is 8. The summed E-state index contributed by atoms with van der Waals surface area (Å²) < 4.78 is 29.8. The minimum Gasteiger partial charge on any atom is -0.381 e. The predicted octanol–water partition coefficient (Wildman–Crippen LogP) is 4.96. The molecule has 3 heterocycles. The summed E-state index contributed by atoms with van der Waals surface area (Å²) in [6, 6.07) is 11.5. The van der Waals surface area contributed by atoms with E-state index in [1.54, 1.807) is 0 Å². The minimum atomic E-state index is -3.14. The lowest BCUT2D eigenvalue weighted by molar-refractivity contribution is -0.126. The van der Waals surface area contributed by atoms with Crippen LogP contribution in [0.2, 0.25) is 0 Å². The zero-order valence-corrected chi connectivity index (χ0v) is 22.0. The average molecular weight is 514 g/mol. The van der Waals surface area contributed by atoms with Crippen molar-refractivity contribution in [2.45, 2.75) is 69.6 Å². The molecule has 0 bridgehead atoms. The van der Waals surface area contributed by atoms with Gasteiger partial charge in [-0.1, -0.05) is 6.07 Å². The van der Waals surface area contributed by atoms with Gasteiger partial charge in [-0.05, 0) is 69.5 Å². The molecule has 0 spiro atoms. The molecule has 0 amide bonds. The van der Waals surface area contributed by atoms with Crippen molar-refractivity contribution in [1.29, 1.82) is 0 Å². The van der Waals surface area contributed by atoms with E-state index >= 15 is 0 Å². The number of likely N-dealkylation sites (N-methyl/N-ethyl adjacent to an activating group) is 1. The Morgan fingerprint density at radius 2 is 1.84 bits per heavy atom. The summed E-state index contributed by atoms with van der Waals surface area (Å²) in [5, 5.41) is 9.45. The van der Waals surface area contributed by atoms with Crippen LogP contribution in [0.4, 0.5) is 14.5 Å². The number of carbonyl (C=O) groups excluding carboxylic acids is 1. The van der Waals surface area contributed by atoms with Crippen molar-refractivity contribution in [3.05, 3.63) is 54.0 Å². The van der Waals surface area contributed by atoms with Crippen LogP contribution in [0.5, 0.6) is 0 Å². The first-order valence-electron chi connectivity index (χ1n) is 13.0. The maximum Gasteiger partial charge on any atom is 0.299 e. The number of pyridine rings is 1. The number of ether oxygens (including phenoxy) is 1. The van der Waals surface area contributed by atoms with Crippen LogP contribution in [0.25, 0.3) is 10.9 Å². The van der Waals surface area contributed by atoms with Crippen LogP contribution in [0, 0.1) is 0 Å². The second-order valence-electron chi connectivity index (χ2n) is 10.1. The van der Waals surface area contributed by atoms with Crippen molar-refractivity contribution in [2.75, 3.05) is 32.1 Å². The van der Waals surface area contributed by atoms with E-state index in [9.17, 15) is 8.78 Å². The summed E-state index contributed by atoms with van der Waals surface area (Å²) >= 11 is 0. The molecule has 2 atom stereocenters. The van der Waals surface area contributed by atoms with Crippen LogP contribution in [-0.2, 0) is 9.53 Å². The highest BCUT2D eigenvalue weighted by molar-refractivity contribution is 5.83. The summed E-state index contributed by atoms with van der Waals surface area (Å²) in [7, 11) is 3.83. The lowest BCUT2D eigenvalue weighted by Crippen LogP contribution is -2.36. The van der Waals surface area contributed by atoms with E-state index in [0.717, 1.165) is 31.4 Å². The van der Waals surface area contributed by atoms with Crippen molar-refractivity contribution in [3.8, 4) is 0 Å². The summed E-state index contributed by atoms with van der Waals surface area (Å²) in [5.74, 6) is -2.47. The minimum absolute atomic E-state index is 0.0894. The number of benzene rings is 1. The fourth-order valence-corrected chi connectivity index (χ4v) is 4.82. The van der Waals surface area contributed by atoms with E-state index in [-0.39, 0.29) is 12.1 Å². The van der Waals surface area contributed by atoms with Gasteiger partial charge in [0.15, 0.2) is 6.29 Å². The maximum atomic E-state index is 11.1. The zero-order chi connectivity index (χ0) is 26.6. The van der Waals surface area contributed by atoms with E-state index in [1.165, 1.54) is 35.2 Å². The summed E-state index contributed by atoms with van der Waals surface area (Å²) in [6.45, 7) is 4.83. The normalized spacial score (nSPS) is 18.3. The quantitative estimate of drug-likeness (QED) is 0.429. The monoisotopic (exact) mass is 513 g/mol. The standard InChI is InChI=1S/C25H33N5O.C3H4F2O/c1-17(26-2)25(19-6-8-23(27-15-19)18-4-5-18)30-24-9-7-21(14-20(24)16-28-30)29-12-10-22(31-3)11-13-29;1-3(4,5)2-6/h6-9,14-18,22,25-26H,4-5,10-13H2,1-3H3;2H,1H3/t17?,25-;/m0./s1. The first-order valence-corrected chi connectivity index (χ1v) is 13.0. The lowest BCUT2D eigenvalue weighted by atomic mass is 10.0. The molecule has 1 saturated heterocycles. The number of aldehydes is 1. The molecule has 1 N–H and O–H groups in total. The first-order chi connectivity index (χ1) is 17.7. The van der Waals surface area contributed by atoms with E-state index in [4.69, 9.17) is 19.6 Å². The van der Waals surface area contributed by atoms with Crippen LogP contribution in [-0.4, -0.2) is 66.4 Å².